The fourth-order valence-corrected chi connectivity index (χ4v) is 1.53. The van der Waals surface area contributed by atoms with Gasteiger partial charge in [-0.05, 0) is 24.3 Å². The van der Waals surface area contributed by atoms with Crippen LogP contribution in [0, 0.1) is 11.3 Å². The monoisotopic (exact) mass is 254 g/mol. The van der Waals surface area contributed by atoms with Crippen molar-refractivity contribution in [2.75, 3.05) is 24.2 Å². The summed E-state index contributed by atoms with van der Waals surface area (Å²) in [4.78, 5) is 3.96. The molecule has 0 saturated heterocycles. The number of ether oxygens (including phenoxy) is 1. The minimum Gasteiger partial charge on any atom is -0.490 e. The molecule has 0 unspecified atom stereocenters. The van der Waals surface area contributed by atoms with Gasteiger partial charge in [-0.25, -0.2) is 4.98 Å². The Hall–Kier alpha value is -2.74. The minimum atomic E-state index is 0.402. The van der Waals surface area contributed by atoms with Crippen LogP contribution in [0.25, 0.3) is 0 Å². The van der Waals surface area contributed by atoms with E-state index in [-0.39, 0.29) is 0 Å². The average molecular weight is 254 g/mol. The van der Waals surface area contributed by atoms with Crippen molar-refractivity contribution in [3.63, 3.8) is 0 Å². The van der Waals surface area contributed by atoms with Gasteiger partial charge in [0.2, 0.25) is 0 Å². The smallest absolute Gasteiger partial charge is 0.142 e. The quantitative estimate of drug-likeness (QED) is 0.630. The summed E-state index contributed by atoms with van der Waals surface area (Å²) in [6.45, 7) is 1.12. The van der Waals surface area contributed by atoms with Gasteiger partial charge in [-0.2, -0.15) is 5.26 Å². The van der Waals surface area contributed by atoms with E-state index in [4.69, 9.17) is 15.7 Å². The number of para-hydroxylation sites is 2. The molecule has 2 aromatic rings. The number of aromatic nitrogens is 1. The van der Waals surface area contributed by atoms with Crippen molar-refractivity contribution in [3.05, 3.63) is 48.3 Å². The highest BCUT2D eigenvalue weighted by Gasteiger charge is 1.98. The topological polar surface area (TPSA) is 84.0 Å². The number of benzene rings is 1. The van der Waals surface area contributed by atoms with Gasteiger partial charge >= 0.3 is 0 Å². The zero-order valence-electron chi connectivity index (χ0n) is 10.3. The summed E-state index contributed by atoms with van der Waals surface area (Å²) in [6, 6.07) is 12.8. The number of nitrogen functional groups attached to an aromatic ring is 1. The maximum Gasteiger partial charge on any atom is 0.142 e. The third-order valence-corrected chi connectivity index (χ3v) is 2.49. The van der Waals surface area contributed by atoms with E-state index in [0.717, 1.165) is 5.69 Å². The number of hydrogen-bond donors (Lipinski definition) is 2. The van der Waals surface area contributed by atoms with Crippen molar-refractivity contribution in [1.82, 2.24) is 4.98 Å². The lowest BCUT2D eigenvalue weighted by atomic mass is 10.3. The Labute approximate surface area is 111 Å². The van der Waals surface area contributed by atoms with E-state index in [1.165, 1.54) is 0 Å². The summed E-state index contributed by atoms with van der Waals surface area (Å²) in [5.74, 6) is 0.683. The molecule has 0 aliphatic rings. The summed E-state index contributed by atoms with van der Waals surface area (Å²) >= 11 is 0. The van der Waals surface area contributed by atoms with Gasteiger partial charge in [0.15, 0.2) is 0 Å². The molecule has 1 aromatic heterocycles. The van der Waals surface area contributed by atoms with Gasteiger partial charge in [-0.15, -0.1) is 0 Å². The van der Waals surface area contributed by atoms with Gasteiger partial charge < -0.3 is 15.8 Å². The van der Waals surface area contributed by atoms with E-state index in [9.17, 15) is 0 Å². The van der Waals surface area contributed by atoms with Crippen molar-refractivity contribution in [2.24, 2.45) is 0 Å². The SMILES string of the molecule is N#Cc1ccc(NCCOc2ccccc2N)cn1. The van der Waals surface area contributed by atoms with Crippen molar-refractivity contribution in [2.45, 2.75) is 0 Å². The molecule has 0 aliphatic heterocycles. The number of anilines is 2. The maximum atomic E-state index is 8.63. The molecule has 0 bridgehead atoms. The standard InChI is InChI=1S/C14H14N4O/c15-9-11-5-6-12(10-18-11)17-7-8-19-14-4-2-1-3-13(14)16/h1-6,10,17H,7-8,16H2. The van der Waals surface area contributed by atoms with Crippen molar-refractivity contribution in [3.8, 4) is 11.8 Å². The first-order valence-electron chi connectivity index (χ1n) is 5.87. The van der Waals surface area contributed by atoms with Gasteiger partial charge in [-0.3, -0.25) is 0 Å². The Morgan fingerprint density at radius 1 is 1.26 bits per heavy atom. The largest absolute Gasteiger partial charge is 0.490 e. The van der Waals surface area contributed by atoms with Gasteiger partial charge in [0.25, 0.3) is 0 Å². The van der Waals surface area contributed by atoms with E-state index < -0.39 is 0 Å². The fraction of sp³-hybridized carbons (Fsp3) is 0.143. The van der Waals surface area contributed by atoms with Crippen molar-refractivity contribution < 1.29 is 4.74 Å². The second-order valence-electron chi connectivity index (χ2n) is 3.86. The molecule has 5 heteroatoms. The number of pyridine rings is 1. The lowest BCUT2D eigenvalue weighted by Crippen LogP contribution is -2.12. The van der Waals surface area contributed by atoms with E-state index in [2.05, 4.69) is 10.3 Å². The van der Waals surface area contributed by atoms with E-state index in [0.29, 0.717) is 30.3 Å². The number of rotatable bonds is 5. The molecule has 0 amide bonds. The Morgan fingerprint density at radius 2 is 2.11 bits per heavy atom. The van der Waals surface area contributed by atoms with Crippen LogP contribution >= 0.6 is 0 Å². The minimum absolute atomic E-state index is 0.402. The Balaban J connectivity index is 1.78. The second-order valence-corrected chi connectivity index (χ2v) is 3.86. The van der Waals surface area contributed by atoms with Crippen LogP contribution in [-0.2, 0) is 0 Å². The normalized spacial score (nSPS) is 9.63. The molecule has 0 saturated carbocycles. The van der Waals surface area contributed by atoms with E-state index in [1.807, 2.05) is 30.3 Å². The van der Waals surface area contributed by atoms with Crippen LogP contribution in [0.15, 0.2) is 42.6 Å². The highest BCUT2D eigenvalue weighted by Crippen LogP contribution is 2.19. The highest BCUT2D eigenvalue weighted by molar-refractivity contribution is 5.51. The van der Waals surface area contributed by atoms with Crippen LogP contribution < -0.4 is 15.8 Å². The van der Waals surface area contributed by atoms with Crippen LogP contribution in [0.2, 0.25) is 0 Å². The molecule has 0 spiro atoms. The van der Waals surface area contributed by atoms with Gasteiger partial charge in [0.1, 0.15) is 24.1 Å². The summed E-state index contributed by atoms with van der Waals surface area (Å²) < 4.78 is 5.54. The lowest BCUT2D eigenvalue weighted by molar-refractivity contribution is 0.334. The molecular formula is C14H14N4O. The highest BCUT2D eigenvalue weighted by atomic mass is 16.5. The van der Waals surface area contributed by atoms with Crippen LogP contribution in [0.3, 0.4) is 0 Å². The molecular weight excluding hydrogens is 240 g/mol. The zero-order valence-corrected chi connectivity index (χ0v) is 10.3. The molecule has 1 aromatic carbocycles. The molecule has 0 fully saturated rings. The molecule has 3 N–H and O–H groups in total. The summed E-state index contributed by atoms with van der Waals surface area (Å²) in [7, 11) is 0. The zero-order chi connectivity index (χ0) is 13.5. The van der Waals surface area contributed by atoms with Gasteiger partial charge in [-0.1, -0.05) is 12.1 Å². The van der Waals surface area contributed by atoms with Crippen LogP contribution in [0.5, 0.6) is 5.75 Å². The molecule has 19 heavy (non-hydrogen) atoms. The van der Waals surface area contributed by atoms with Crippen molar-refractivity contribution in [1.29, 1.82) is 5.26 Å². The van der Waals surface area contributed by atoms with E-state index in [1.54, 1.807) is 18.3 Å². The second kappa shape index (κ2) is 6.26. The summed E-state index contributed by atoms with van der Waals surface area (Å²) in [5.41, 5.74) is 7.64. The van der Waals surface area contributed by atoms with Gasteiger partial charge in [0.05, 0.1) is 17.6 Å². The molecule has 1 heterocycles. The summed E-state index contributed by atoms with van der Waals surface area (Å²) in [6.07, 6.45) is 1.62. The molecule has 0 radical (unpaired) electrons. The third kappa shape index (κ3) is 3.61. The molecule has 2 rings (SSSR count). The number of nitrogens with two attached hydrogens (primary N) is 1. The Kier molecular flexibility index (Phi) is 4.19. The first-order chi connectivity index (χ1) is 9.29. The molecule has 0 atom stereocenters. The first-order valence-corrected chi connectivity index (χ1v) is 5.87. The number of hydrogen-bond acceptors (Lipinski definition) is 5. The number of nitrogens with one attached hydrogen (secondary N) is 1. The number of nitriles is 1. The third-order valence-electron chi connectivity index (χ3n) is 2.49. The van der Waals surface area contributed by atoms with Crippen molar-refractivity contribution >= 4 is 11.4 Å². The Bertz CT molecular complexity index is 575. The predicted molar refractivity (Wildman–Crippen MR) is 73.8 cm³/mol. The first kappa shape index (κ1) is 12.7. The Morgan fingerprint density at radius 3 is 2.79 bits per heavy atom. The summed E-state index contributed by atoms with van der Waals surface area (Å²) in [5, 5.41) is 11.8. The number of nitrogens with zero attached hydrogens (tertiary/aromatic N) is 2. The average Bonchev–Trinajstić information content (AvgIpc) is 2.46. The fourth-order valence-electron chi connectivity index (χ4n) is 1.53. The molecule has 0 aliphatic carbocycles. The van der Waals surface area contributed by atoms with Gasteiger partial charge in [0, 0.05) is 6.54 Å². The predicted octanol–water partition coefficient (Wildman–Crippen LogP) is 2.03. The lowest BCUT2D eigenvalue weighted by Gasteiger charge is -2.09. The molecule has 5 nitrogen and oxygen atoms in total. The van der Waals surface area contributed by atoms with Crippen LogP contribution in [0.4, 0.5) is 11.4 Å². The van der Waals surface area contributed by atoms with E-state index >= 15 is 0 Å². The maximum absolute atomic E-state index is 8.63. The van der Waals surface area contributed by atoms with Crippen LogP contribution in [-0.4, -0.2) is 18.1 Å². The van der Waals surface area contributed by atoms with Crippen LogP contribution in [0.1, 0.15) is 5.69 Å². The molecule has 96 valence electrons.